The van der Waals surface area contributed by atoms with Crippen molar-refractivity contribution in [3.05, 3.63) is 35.4 Å². The van der Waals surface area contributed by atoms with Crippen molar-refractivity contribution in [2.75, 3.05) is 7.11 Å². The van der Waals surface area contributed by atoms with E-state index in [0.29, 0.717) is 18.8 Å². The lowest BCUT2D eigenvalue weighted by Gasteiger charge is -2.28. The first-order valence-electron chi connectivity index (χ1n) is 12.2. The van der Waals surface area contributed by atoms with E-state index in [9.17, 15) is 15.0 Å². The predicted octanol–water partition coefficient (Wildman–Crippen LogP) is 5.89. The van der Waals surface area contributed by atoms with Gasteiger partial charge in [0, 0.05) is 17.7 Å². The van der Waals surface area contributed by atoms with Crippen LogP contribution in [0.4, 0.5) is 0 Å². The highest BCUT2D eigenvalue weighted by Crippen LogP contribution is 2.45. The van der Waals surface area contributed by atoms with E-state index in [1.807, 2.05) is 12.1 Å². The first-order valence-corrected chi connectivity index (χ1v) is 12.6. The lowest BCUT2D eigenvalue weighted by molar-refractivity contribution is -0.140. The number of alkyl halides is 1. The lowest BCUT2D eigenvalue weighted by atomic mass is 9.81. The number of ether oxygens (including phenoxy) is 1. The third kappa shape index (κ3) is 6.69. The van der Waals surface area contributed by atoms with E-state index in [0.717, 1.165) is 56.1 Å². The fourth-order valence-corrected chi connectivity index (χ4v) is 6.10. The second-order valence-corrected chi connectivity index (χ2v) is 10.1. The Morgan fingerprint density at radius 3 is 2.45 bits per heavy atom. The summed E-state index contributed by atoms with van der Waals surface area (Å²) < 4.78 is 4.68. The molecular formula is C26H39ClO4. The molecule has 4 nitrogen and oxygen atoms in total. The molecule has 3 rings (SSSR count). The van der Waals surface area contributed by atoms with E-state index < -0.39 is 6.10 Å². The number of hydrogen-bond acceptors (Lipinski definition) is 4. The number of esters is 1. The SMILES string of the molecule is COC(=O)CCCCCC[C@H]1C(Cl)C[C@@H](O)[C@@H]1c1ccc(C(O)C2CCCCC2)cc1. The van der Waals surface area contributed by atoms with Gasteiger partial charge in [-0.15, -0.1) is 11.6 Å². The van der Waals surface area contributed by atoms with E-state index >= 15 is 0 Å². The molecule has 0 heterocycles. The van der Waals surface area contributed by atoms with Crippen LogP contribution in [-0.2, 0) is 9.53 Å². The van der Waals surface area contributed by atoms with Gasteiger partial charge in [-0.2, -0.15) is 0 Å². The molecule has 0 aromatic heterocycles. The number of methoxy groups -OCH3 is 1. The standard InChI is InChI=1S/C26H39ClO4/c1-31-24(29)12-8-3-2-7-11-21-22(27)17-23(28)25(21)18-13-15-20(16-14-18)26(30)19-9-5-4-6-10-19/h13-16,19,21-23,25-26,28,30H,2-12,17H2,1H3/t21-,22?,23+,25+,26?/m0/s1. The molecule has 1 aromatic carbocycles. The van der Waals surface area contributed by atoms with Gasteiger partial charge in [0.1, 0.15) is 0 Å². The van der Waals surface area contributed by atoms with Gasteiger partial charge >= 0.3 is 5.97 Å². The topological polar surface area (TPSA) is 66.8 Å². The first-order chi connectivity index (χ1) is 15.0. The largest absolute Gasteiger partial charge is 0.469 e. The van der Waals surface area contributed by atoms with Gasteiger partial charge in [0.05, 0.1) is 19.3 Å². The number of carbonyl (C=O) groups excluding carboxylic acids is 1. The maximum atomic E-state index is 11.2. The number of halogens is 1. The molecule has 0 amide bonds. The summed E-state index contributed by atoms with van der Waals surface area (Å²) in [6.07, 6.45) is 11.2. The maximum absolute atomic E-state index is 11.2. The molecule has 0 saturated heterocycles. The van der Waals surface area contributed by atoms with E-state index in [1.54, 1.807) is 0 Å². The summed E-state index contributed by atoms with van der Waals surface area (Å²) in [4.78, 5) is 11.2. The fourth-order valence-electron chi connectivity index (χ4n) is 5.63. The van der Waals surface area contributed by atoms with Crippen molar-refractivity contribution in [3.63, 3.8) is 0 Å². The first kappa shape index (κ1) is 24.5. The highest BCUT2D eigenvalue weighted by Gasteiger charge is 2.41. The van der Waals surface area contributed by atoms with Crippen molar-refractivity contribution in [2.24, 2.45) is 11.8 Å². The average molecular weight is 451 g/mol. The zero-order chi connectivity index (χ0) is 22.2. The van der Waals surface area contributed by atoms with E-state index in [-0.39, 0.29) is 29.3 Å². The minimum Gasteiger partial charge on any atom is -0.469 e. The average Bonchev–Trinajstić information content (AvgIpc) is 3.08. The second-order valence-electron chi connectivity index (χ2n) is 9.55. The second kappa shape index (κ2) is 12.2. The monoisotopic (exact) mass is 450 g/mol. The van der Waals surface area contributed by atoms with Gasteiger partial charge < -0.3 is 14.9 Å². The zero-order valence-corrected chi connectivity index (χ0v) is 19.6. The molecule has 0 aliphatic heterocycles. The van der Waals surface area contributed by atoms with Gasteiger partial charge in [-0.1, -0.05) is 62.8 Å². The summed E-state index contributed by atoms with van der Waals surface area (Å²) in [5, 5.41) is 21.5. The Labute approximate surface area is 192 Å². The molecule has 5 atom stereocenters. The summed E-state index contributed by atoms with van der Waals surface area (Å²) in [6, 6.07) is 8.28. The van der Waals surface area contributed by atoms with Crippen LogP contribution in [0.25, 0.3) is 0 Å². The third-order valence-electron chi connectivity index (χ3n) is 7.46. The molecule has 31 heavy (non-hydrogen) atoms. The van der Waals surface area contributed by atoms with Crippen LogP contribution in [-0.4, -0.2) is 34.8 Å². The molecule has 1 aromatic rings. The van der Waals surface area contributed by atoms with Crippen molar-refractivity contribution in [1.82, 2.24) is 0 Å². The highest BCUT2D eigenvalue weighted by atomic mass is 35.5. The summed E-state index contributed by atoms with van der Waals surface area (Å²) >= 11 is 6.64. The molecule has 2 fully saturated rings. The molecule has 174 valence electrons. The summed E-state index contributed by atoms with van der Waals surface area (Å²) in [7, 11) is 1.43. The third-order valence-corrected chi connectivity index (χ3v) is 7.96. The number of aliphatic hydroxyl groups is 2. The van der Waals surface area contributed by atoms with Crippen LogP contribution in [0.2, 0.25) is 0 Å². The van der Waals surface area contributed by atoms with Crippen molar-refractivity contribution < 1.29 is 19.7 Å². The number of rotatable bonds is 10. The Balaban J connectivity index is 1.54. The minimum atomic E-state index is -0.416. The van der Waals surface area contributed by atoms with Crippen molar-refractivity contribution >= 4 is 17.6 Å². The quantitative estimate of drug-likeness (QED) is 0.265. The predicted molar refractivity (Wildman–Crippen MR) is 124 cm³/mol. The number of aliphatic hydroxyl groups excluding tert-OH is 2. The minimum absolute atomic E-state index is 0.0115. The van der Waals surface area contributed by atoms with Crippen LogP contribution in [0.3, 0.4) is 0 Å². The number of benzene rings is 1. The molecule has 2 aliphatic carbocycles. The molecule has 0 bridgehead atoms. The van der Waals surface area contributed by atoms with E-state index in [2.05, 4.69) is 16.9 Å². The number of hydrogen-bond donors (Lipinski definition) is 2. The van der Waals surface area contributed by atoms with Crippen LogP contribution < -0.4 is 0 Å². The van der Waals surface area contributed by atoms with Crippen molar-refractivity contribution in [2.45, 2.75) is 101 Å². The molecule has 5 heteroatoms. The van der Waals surface area contributed by atoms with E-state index in [1.165, 1.54) is 26.4 Å². The Morgan fingerprint density at radius 2 is 1.77 bits per heavy atom. The van der Waals surface area contributed by atoms with Gasteiger partial charge in [-0.05, 0) is 55.1 Å². The zero-order valence-electron chi connectivity index (χ0n) is 18.8. The molecule has 2 aliphatic rings. The Hall–Kier alpha value is -1.10. The van der Waals surface area contributed by atoms with Gasteiger partial charge in [0.25, 0.3) is 0 Å². The maximum Gasteiger partial charge on any atom is 0.305 e. The molecule has 0 spiro atoms. The summed E-state index contributed by atoms with van der Waals surface area (Å²) in [6.45, 7) is 0. The smallest absolute Gasteiger partial charge is 0.305 e. The molecule has 2 saturated carbocycles. The Kier molecular flexibility index (Phi) is 9.68. The fraction of sp³-hybridized carbons (Fsp3) is 0.731. The van der Waals surface area contributed by atoms with Gasteiger partial charge in [-0.25, -0.2) is 0 Å². The lowest BCUT2D eigenvalue weighted by Crippen LogP contribution is -2.19. The van der Waals surface area contributed by atoms with Crippen LogP contribution >= 0.6 is 11.6 Å². The molecule has 2 N–H and O–H groups in total. The Morgan fingerprint density at radius 1 is 1.10 bits per heavy atom. The molecular weight excluding hydrogens is 412 g/mol. The van der Waals surface area contributed by atoms with Gasteiger partial charge in [0.2, 0.25) is 0 Å². The molecule has 0 radical (unpaired) electrons. The van der Waals surface area contributed by atoms with Crippen LogP contribution in [0.15, 0.2) is 24.3 Å². The normalized spacial score (nSPS) is 27.9. The van der Waals surface area contributed by atoms with Crippen LogP contribution in [0.1, 0.15) is 100 Å². The van der Waals surface area contributed by atoms with Crippen LogP contribution in [0.5, 0.6) is 0 Å². The summed E-state index contributed by atoms with van der Waals surface area (Å²) in [5.74, 6) is 0.539. The van der Waals surface area contributed by atoms with E-state index in [4.69, 9.17) is 11.6 Å². The Bertz CT molecular complexity index is 670. The number of unbranched alkanes of at least 4 members (excludes halogenated alkanes) is 3. The summed E-state index contributed by atoms with van der Waals surface area (Å²) in [5.41, 5.74) is 2.12. The highest BCUT2D eigenvalue weighted by molar-refractivity contribution is 6.21. The number of carbonyl (C=O) groups is 1. The van der Waals surface area contributed by atoms with Crippen molar-refractivity contribution in [3.8, 4) is 0 Å². The molecule has 2 unspecified atom stereocenters. The van der Waals surface area contributed by atoms with Crippen LogP contribution in [0, 0.1) is 11.8 Å². The van der Waals surface area contributed by atoms with Gasteiger partial charge in [0.15, 0.2) is 0 Å². The van der Waals surface area contributed by atoms with Crippen molar-refractivity contribution in [1.29, 1.82) is 0 Å². The van der Waals surface area contributed by atoms with Gasteiger partial charge in [-0.3, -0.25) is 4.79 Å².